The molecule has 0 fully saturated rings. The number of nitro benzene ring substituents is 1. The van der Waals surface area contributed by atoms with Crippen molar-refractivity contribution in [3.05, 3.63) is 67.4 Å². The first-order valence-electron chi connectivity index (χ1n) is 6.04. The first-order valence-corrected chi connectivity index (χ1v) is 7.21. The molecule has 1 atom stereocenters. The Labute approximate surface area is 134 Å². The highest BCUT2D eigenvalue weighted by molar-refractivity contribution is 9.10. The van der Waals surface area contributed by atoms with Gasteiger partial charge in [-0.15, -0.1) is 0 Å². The minimum Gasteiger partial charge on any atom is -0.378 e. The Morgan fingerprint density at radius 3 is 2.62 bits per heavy atom. The molecule has 2 aromatic carbocycles. The number of halogens is 3. The summed E-state index contributed by atoms with van der Waals surface area (Å²) in [5, 5.41) is 13.9. The van der Waals surface area contributed by atoms with E-state index in [4.69, 9.17) is 11.6 Å². The molecule has 4 nitrogen and oxygen atoms in total. The minimum absolute atomic E-state index is 0.00221. The number of hydrogen-bond donors (Lipinski definition) is 1. The average molecular weight is 374 g/mol. The number of benzene rings is 2. The molecule has 1 unspecified atom stereocenters. The highest BCUT2D eigenvalue weighted by atomic mass is 79.9. The quantitative estimate of drug-likeness (QED) is 0.582. The van der Waals surface area contributed by atoms with Gasteiger partial charge in [-0.1, -0.05) is 17.7 Å². The van der Waals surface area contributed by atoms with Gasteiger partial charge in [-0.25, -0.2) is 4.39 Å². The molecule has 0 saturated carbocycles. The Kier molecular flexibility index (Phi) is 4.80. The van der Waals surface area contributed by atoms with Crippen molar-refractivity contribution in [3.8, 4) is 0 Å². The molecule has 21 heavy (non-hydrogen) atoms. The van der Waals surface area contributed by atoms with Gasteiger partial charge >= 0.3 is 0 Å². The molecule has 0 heterocycles. The van der Waals surface area contributed by atoms with E-state index in [-0.39, 0.29) is 16.8 Å². The summed E-state index contributed by atoms with van der Waals surface area (Å²) in [6.45, 7) is 1.86. The summed E-state index contributed by atoms with van der Waals surface area (Å²) in [6.07, 6.45) is 0. The van der Waals surface area contributed by atoms with Crippen molar-refractivity contribution in [2.45, 2.75) is 13.0 Å². The minimum atomic E-state index is -0.481. The van der Waals surface area contributed by atoms with Gasteiger partial charge < -0.3 is 5.32 Å². The smallest absolute Gasteiger partial charge is 0.270 e. The highest BCUT2D eigenvalue weighted by Crippen LogP contribution is 2.30. The van der Waals surface area contributed by atoms with E-state index < -0.39 is 10.7 Å². The maximum absolute atomic E-state index is 13.5. The lowest BCUT2D eigenvalue weighted by molar-refractivity contribution is -0.384. The molecule has 0 spiro atoms. The maximum Gasteiger partial charge on any atom is 0.270 e. The Bertz CT molecular complexity index is 697. The van der Waals surface area contributed by atoms with Crippen LogP contribution in [0.3, 0.4) is 0 Å². The third kappa shape index (κ3) is 3.71. The SMILES string of the molecule is CC(Nc1ccc([N+](=O)[O-])cc1Br)c1ccc(Cl)c(F)c1. The van der Waals surface area contributed by atoms with Crippen LogP contribution in [-0.2, 0) is 0 Å². The largest absolute Gasteiger partial charge is 0.378 e. The zero-order chi connectivity index (χ0) is 15.6. The van der Waals surface area contributed by atoms with Crippen LogP contribution in [0.4, 0.5) is 15.8 Å². The summed E-state index contributed by atoms with van der Waals surface area (Å²) in [5.41, 5.74) is 1.41. The molecule has 0 bridgehead atoms. The molecule has 2 rings (SSSR count). The molecular weight excluding hydrogens is 363 g/mol. The predicted octanol–water partition coefficient (Wildman–Crippen LogP) is 5.32. The van der Waals surface area contributed by atoms with Gasteiger partial charge in [0.2, 0.25) is 0 Å². The zero-order valence-corrected chi connectivity index (χ0v) is 13.3. The summed E-state index contributed by atoms with van der Waals surface area (Å²) in [4.78, 5) is 10.2. The number of rotatable bonds is 4. The lowest BCUT2D eigenvalue weighted by Crippen LogP contribution is -2.07. The van der Waals surface area contributed by atoms with Gasteiger partial charge in [-0.2, -0.15) is 0 Å². The van der Waals surface area contributed by atoms with Crippen molar-refractivity contribution < 1.29 is 9.31 Å². The molecule has 110 valence electrons. The fraction of sp³-hybridized carbons (Fsp3) is 0.143. The van der Waals surface area contributed by atoms with Gasteiger partial charge in [-0.3, -0.25) is 10.1 Å². The van der Waals surface area contributed by atoms with Crippen LogP contribution < -0.4 is 5.32 Å². The lowest BCUT2D eigenvalue weighted by Gasteiger charge is -2.17. The van der Waals surface area contributed by atoms with Gasteiger partial charge in [0.25, 0.3) is 5.69 Å². The molecule has 0 radical (unpaired) electrons. The van der Waals surface area contributed by atoms with E-state index in [1.54, 1.807) is 12.1 Å². The van der Waals surface area contributed by atoms with Gasteiger partial charge in [0.05, 0.1) is 9.95 Å². The number of nitrogens with one attached hydrogen (secondary N) is 1. The van der Waals surface area contributed by atoms with Crippen LogP contribution in [0.15, 0.2) is 40.9 Å². The second-order valence-corrected chi connectivity index (χ2v) is 5.72. The molecule has 7 heteroatoms. The first kappa shape index (κ1) is 15.7. The Balaban J connectivity index is 2.21. The molecule has 0 saturated heterocycles. The van der Waals surface area contributed by atoms with Crippen molar-refractivity contribution in [3.63, 3.8) is 0 Å². The topological polar surface area (TPSA) is 55.2 Å². The maximum atomic E-state index is 13.5. The Morgan fingerprint density at radius 2 is 2.05 bits per heavy atom. The van der Waals surface area contributed by atoms with E-state index in [0.717, 1.165) is 5.56 Å². The Hall–Kier alpha value is -1.66. The first-order chi connectivity index (χ1) is 9.88. The fourth-order valence-electron chi connectivity index (χ4n) is 1.83. The number of anilines is 1. The van der Waals surface area contributed by atoms with Crippen LogP contribution in [-0.4, -0.2) is 4.92 Å². The Morgan fingerprint density at radius 1 is 1.33 bits per heavy atom. The third-order valence-electron chi connectivity index (χ3n) is 2.98. The third-order valence-corrected chi connectivity index (χ3v) is 3.94. The molecule has 2 aromatic rings. The monoisotopic (exact) mass is 372 g/mol. The average Bonchev–Trinajstić information content (AvgIpc) is 2.43. The van der Waals surface area contributed by atoms with Gasteiger partial charge in [0.15, 0.2) is 0 Å². The van der Waals surface area contributed by atoms with E-state index in [0.29, 0.717) is 10.2 Å². The van der Waals surface area contributed by atoms with E-state index in [1.165, 1.54) is 24.3 Å². The second kappa shape index (κ2) is 6.41. The summed E-state index contributed by atoms with van der Waals surface area (Å²) in [7, 11) is 0. The van der Waals surface area contributed by atoms with E-state index in [1.807, 2.05) is 6.92 Å². The van der Waals surface area contributed by atoms with Crippen LogP contribution in [0.5, 0.6) is 0 Å². The summed E-state index contributed by atoms with van der Waals surface area (Å²) in [5.74, 6) is -0.481. The number of nitro groups is 1. The molecular formula is C14H11BrClFN2O2. The van der Waals surface area contributed by atoms with Gasteiger partial charge in [0.1, 0.15) is 5.82 Å². The predicted molar refractivity (Wildman–Crippen MR) is 84.2 cm³/mol. The molecule has 1 N–H and O–H groups in total. The van der Waals surface area contributed by atoms with E-state index >= 15 is 0 Å². The number of nitrogens with zero attached hydrogens (tertiary/aromatic N) is 1. The van der Waals surface area contributed by atoms with Crippen molar-refractivity contribution in [2.24, 2.45) is 0 Å². The zero-order valence-electron chi connectivity index (χ0n) is 10.9. The van der Waals surface area contributed by atoms with Crippen molar-refractivity contribution in [1.82, 2.24) is 0 Å². The molecule has 0 aliphatic carbocycles. The van der Waals surface area contributed by atoms with Crippen LogP contribution in [0, 0.1) is 15.9 Å². The van der Waals surface area contributed by atoms with E-state index in [2.05, 4.69) is 21.2 Å². The standard InChI is InChI=1S/C14H11BrClFN2O2/c1-8(9-2-4-12(16)13(17)6-9)18-14-5-3-10(19(20)21)7-11(14)15/h2-8,18H,1H3. The van der Waals surface area contributed by atoms with Crippen LogP contribution in [0.2, 0.25) is 5.02 Å². The van der Waals surface area contributed by atoms with Gasteiger partial charge in [0, 0.05) is 28.3 Å². The molecule has 0 aliphatic heterocycles. The van der Waals surface area contributed by atoms with Crippen LogP contribution >= 0.6 is 27.5 Å². The van der Waals surface area contributed by atoms with E-state index in [9.17, 15) is 14.5 Å². The molecule has 0 amide bonds. The fourth-order valence-corrected chi connectivity index (χ4v) is 2.43. The number of hydrogen-bond acceptors (Lipinski definition) is 3. The second-order valence-electron chi connectivity index (χ2n) is 4.46. The van der Waals surface area contributed by atoms with Gasteiger partial charge in [-0.05, 0) is 46.6 Å². The van der Waals surface area contributed by atoms with Crippen LogP contribution in [0.1, 0.15) is 18.5 Å². The number of non-ortho nitro benzene ring substituents is 1. The summed E-state index contributed by atoms with van der Waals surface area (Å²) in [6, 6.07) is 8.82. The van der Waals surface area contributed by atoms with Crippen molar-refractivity contribution in [2.75, 3.05) is 5.32 Å². The highest BCUT2D eigenvalue weighted by Gasteiger charge is 2.13. The normalized spacial score (nSPS) is 12.0. The summed E-state index contributed by atoms with van der Waals surface area (Å²) < 4.78 is 14.0. The summed E-state index contributed by atoms with van der Waals surface area (Å²) >= 11 is 8.93. The molecule has 0 aliphatic rings. The van der Waals surface area contributed by atoms with Crippen LogP contribution in [0.25, 0.3) is 0 Å². The molecule has 0 aromatic heterocycles. The van der Waals surface area contributed by atoms with Crippen molar-refractivity contribution >= 4 is 38.9 Å². The lowest BCUT2D eigenvalue weighted by atomic mass is 10.1. The van der Waals surface area contributed by atoms with Crippen molar-refractivity contribution in [1.29, 1.82) is 0 Å².